The van der Waals surface area contributed by atoms with E-state index in [1.807, 2.05) is 13.8 Å². The van der Waals surface area contributed by atoms with Crippen molar-refractivity contribution in [3.05, 3.63) is 41.3 Å². The molecule has 0 aliphatic heterocycles. The van der Waals surface area contributed by atoms with Crippen LogP contribution in [0.25, 0.3) is 0 Å². The topological polar surface area (TPSA) is 75.4 Å². The lowest BCUT2D eigenvalue weighted by Crippen LogP contribution is -2.14. The fourth-order valence-corrected chi connectivity index (χ4v) is 2.70. The normalized spacial score (nSPS) is 10.5. The third kappa shape index (κ3) is 3.54. The van der Waals surface area contributed by atoms with Crippen LogP contribution in [0.15, 0.2) is 28.8 Å². The molecule has 0 aliphatic rings. The summed E-state index contributed by atoms with van der Waals surface area (Å²) >= 11 is 1.48. The van der Waals surface area contributed by atoms with Gasteiger partial charge in [-0.1, -0.05) is 17.3 Å². The summed E-state index contributed by atoms with van der Waals surface area (Å²) in [5, 5.41) is 16.1. The number of benzene rings is 1. The van der Waals surface area contributed by atoms with Gasteiger partial charge in [-0.3, -0.25) is 4.79 Å². The minimum Gasteiger partial charge on any atom is -0.506 e. The van der Waals surface area contributed by atoms with Crippen molar-refractivity contribution in [1.82, 2.24) is 5.16 Å². The Hall–Kier alpha value is -1.95. The maximum atomic E-state index is 11.8. The summed E-state index contributed by atoms with van der Waals surface area (Å²) in [6, 6.07) is 6.66. The van der Waals surface area contributed by atoms with E-state index in [2.05, 4.69) is 10.5 Å². The van der Waals surface area contributed by atoms with Crippen LogP contribution in [0.3, 0.4) is 0 Å². The van der Waals surface area contributed by atoms with E-state index in [9.17, 15) is 9.90 Å². The number of phenols is 1. The second-order valence-corrected chi connectivity index (χ2v) is 5.35. The summed E-state index contributed by atoms with van der Waals surface area (Å²) < 4.78 is 5.07. The molecule has 0 radical (unpaired) electrons. The summed E-state index contributed by atoms with van der Waals surface area (Å²) in [6.07, 6.45) is 0. The highest BCUT2D eigenvalue weighted by Gasteiger charge is 2.10. The Bertz CT molecular complexity index is 591. The van der Waals surface area contributed by atoms with E-state index in [1.54, 1.807) is 18.2 Å². The minimum atomic E-state index is -0.150. The molecule has 0 unspecified atom stereocenters. The van der Waals surface area contributed by atoms with Crippen LogP contribution >= 0.6 is 11.8 Å². The number of hydrogen-bond acceptors (Lipinski definition) is 5. The number of thioether (sulfide) groups is 1. The van der Waals surface area contributed by atoms with Gasteiger partial charge in [0.25, 0.3) is 0 Å². The number of amides is 1. The number of carbonyl (C=O) groups is 1. The van der Waals surface area contributed by atoms with Crippen LogP contribution in [0.1, 0.15) is 17.0 Å². The van der Waals surface area contributed by atoms with Crippen molar-refractivity contribution in [3.8, 4) is 5.75 Å². The lowest BCUT2D eigenvalue weighted by molar-refractivity contribution is -0.113. The summed E-state index contributed by atoms with van der Waals surface area (Å²) in [7, 11) is 0. The molecule has 20 heavy (non-hydrogen) atoms. The summed E-state index contributed by atoms with van der Waals surface area (Å²) in [5.41, 5.74) is 2.32. The molecule has 0 atom stereocenters. The first kappa shape index (κ1) is 14.5. The average Bonchev–Trinajstić information content (AvgIpc) is 2.73. The number of hydrogen-bond donors (Lipinski definition) is 2. The van der Waals surface area contributed by atoms with E-state index < -0.39 is 0 Å². The molecule has 6 heteroatoms. The van der Waals surface area contributed by atoms with E-state index in [0.29, 0.717) is 17.2 Å². The number of phenolic OH excluding ortho intramolecular Hbond substituents is 1. The molecule has 0 saturated carbocycles. The van der Waals surface area contributed by atoms with Crippen LogP contribution in [0.5, 0.6) is 5.75 Å². The van der Waals surface area contributed by atoms with Gasteiger partial charge < -0.3 is 14.9 Å². The Morgan fingerprint density at radius 1 is 1.40 bits per heavy atom. The van der Waals surface area contributed by atoms with Crippen molar-refractivity contribution in [2.75, 3.05) is 11.1 Å². The van der Waals surface area contributed by atoms with Gasteiger partial charge in [0.05, 0.1) is 17.1 Å². The Labute approximate surface area is 121 Å². The molecule has 2 rings (SSSR count). The quantitative estimate of drug-likeness (QED) is 0.829. The molecule has 1 amide bonds. The molecule has 106 valence electrons. The molecule has 1 heterocycles. The summed E-state index contributed by atoms with van der Waals surface area (Å²) in [6.45, 7) is 3.74. The van der Waals surface area contributed by atoms with Crippen LogP contribution in [-0.4, -0.2) is 21.9 Å². The molecule has 0 saturated heterocycles. The zero-order chi connectivity index (χ0) is 14.5. The third-order valence-electron chi connectivity index (χ3n) is 2.84. The first-order chi connectivity index (χ1) is 9.58. The molecular formula is C14H16N2O3S. The van der Waals surface area contributed by atoms with E-state index in [1.165, 1.54) is 17.8 Å². The maximum absolute atomic E-state index is 11.8. The Morgan fingerprint density at radius 2 is 2.15 bits per heavy atom. The summed E-state index contributed by atoms with van der Waals surface area (Å²) in [4.78, 5) is 11.8. The number of para-hydroxylation sites is 2. The monoisotopic (exact) mass is 292 g/mol. The van der Waals surface area contributed by atoms with Gasteiger partial charge in [0.1, 0.15) is 11.5 Å². The van der Waals surface area contributed by atoms with Crippen LogP contribution in [0.2, 0.25) is 0 Å². The smallest absolute Gasteiger partial charge is 0.234 e. The largest absolute Gasteiger partial charge is 0.506 e. The molecule has 1 aromatic heterocycles. The molecule has 0 bridgehead atoms. The van der Waals surface area contributed by atoms with Crippen LogP contribution in [0.4, 0.5) is 5.69 Å². The number of anilines is 1. The number of aromatic nitrogens is 1. The zero-order valence-corrected chi connectivity index (χ0v) is 12.2. The SMILES string of the molecule is Cc1noc(C)c1CSCC(=O)Nc1ccccc1O. The predicted molar refractivity (Wildman–Crippen MR) is 78.9 cm³/mol. The highest BCUT2D eigenvalue weighted by molar-refractivity contribution is 7.99. The lowest BCUT2D eigenvalue weighted by Gasteiger charge is -2.06. The van der Waals surface area contributed by atoms with E-state index in [-0.39, 0.29) is 11.7 Å². The molecule has 2 aromatic rings. The van der Waals surface area contributed by atoms with Gasteiger partial charge in [0.15, 0.2) is 0 Å². The van der Waals surface area contributed by atoms with Crippen LogP contribution in [-0.2, 0) is 10.5 Å². The average molecular weight is 292 g/mol. The predicted octanol–water partition coefficient (Wildman–Crippen LogP) is 2.87. The first-order valence-corrected chi connectivity index (χ1v) is 7.30. The van der Waals surface area contributed by atoms with Crippen molar-refractivity contribution >= 4 is 23.4 Å². The van der Waals surface area contributed by atoms with Crippen molar-refractivity contribution in [1.29, 1.82) is 0 Å². The van der Waals surface area contributed by atoms with E-state index in [4.69, 9.17) is 4.52 Å². The van der Waals surface area contributed by atoms with Gasteiger partial charge >= 0.3 is 0 Å². The first-order valence-electron chi connectivity index (χ1n) is 6.15. The van der Waals surface area contributed by atoms with Crippen LogP contribution < -0.4 is 5.32 Å². The van der Waals surface area contributed by atoms with Crippen molar-refractivity contribution in [2.24, 2.45) is 0 Å². The maximum Gasteiger partial charge on any atom is 0.234 e. The number of aryl methyl sites for hydroxylation is 2. The number of carbonyl (C=O) groups excluding carboxylic acids is 1. The van der Waals surface area contributed by atoms with Gasteiger partial charge in [0, 0.05) is 11.3 Å². The van der Waals surface area contributed by atoms with Gasteiger partial charge in [-0.2, -0.15) is 0 Å². The fraction of sp³-hybridized carbons (Fsp3) is 0.286. The van der Waals surface area contributed by atoms with Crippen molar-refractivity contribution in [3.63, 3.8) is 0 Å². The second kappa shape index (κ2) is 6.47. The van der Waals surface area contributed by atoms with Crippen molar-refractivity contribution in [2.45, 2.75) is 19.6 Å². The number of aromatic hydroxyl groups is 1. The molecular weight excluding hydrogens is 276 g/mol. The number of rotatable bonds is 5. The lowest BCUT2D eigenvalue weighted by atomic mass is 10.2. The molecule has 1 aromatic carbocycles. The number of nitrogens with one attached hydrogen (secondary N) is 1. The summed E-state index contributed by atoms with van der Waals surface area (Å²) in [5.74, 6) is 1.68. The number of nitrogens with zero attached hydrogens (tertiary/aromatic N) is 1. The van der Waals surface area contributed by atoms with Gasteiger partial charge in [-0.25, -0.2) is 0 Å². The van der Waals surface area contributed by atoms with Gasteiger partial charge in [-0.15, -0.1) is 11.8 Å². The molecule has 5 nitrogen and oxygen atoms in total. The highest BCUT2D eigenvalue weighted by atomic mass is 32.2. The van der Waals surface area contributed by atoms with Crippen LogP contribution in [0, 0.1) is 13.8 Å². The Morgan fingerprint density at radius 3 is 2.80 bits per heavy atom. The van der Waals surface area contributed by atoms with Gasteiger partial charge in [-0.05, 0) is 26.0 Å². The zero-order valence-electron chi connectivity index (χ0n) is 11.3. The highest BCUT2D eigenvalue weighted by Crippen LogP contribution is 2.23. The fourth-order valence-electron chi connectivity index (χ4n) is 1.72. The van der Waals surface area contributed by atoms with Gasteiger partial charge in [0.2, 0.25) is 5.91 Å². The standard InChI is InChI=1S/C14H16N2O3S/c1-9-11(10(2)19-16-9)7-20-8-14(18)15-12-5-3-4-6-13(12)17/h3-6,17H,7-8H2,1-2H3,(H,15,18). The van der Waals surface area contributed by atoms with Crippen molar-refractivity contribution < 1.29 is 14.4 Å². The van der Waals surface area contributed by atoms with E-state index in [0.717, 1.165) is 17.0 Å². The van der Waals surface area contributed by atoms with E-state index >= 15 is 0 Å². The second-order valence-electron chi connectivity index (χ2n) is 4.36. The third-order valence-corrected chi connectivity index (χ3v) is 3.80. The molecule has 0 spiro atoms. The molecule has 0 fully saturated rings. The Kier molecular flexibility index (Phi) is 4.68. The molecule has 2 N–H and O–H groups in total. The molecule has 0 aliphatic carbocycles. The minimum absolute atomic E-state index is 0.0663. The Balaban J connectivity index is 1.83.